The fourth-order valence-corrected chi connectivity index (χ4v) is 2.97. The second-order valence-corrected chi connectivity index (χ2v) is 6.15. The minimum Gasteiger partial charge on any atom is -0.316 e. The Morgan fingerprint density at radius 1 is 1.32 bits per heavy atom. The van der Waals surface area contributed by atoms with Crippen LogP contribution < -0.4 is 5.32 Å². The van der Waals surface area contributed by atoms with Gasteiger partial charge in [0.15, 0.2) is 0 Å². The Balaban J connectivity index is 2.00. The lowest BCUT2D eigenvalue weighted by Crippen LogP contribution is -2.28. The Morgan fingerprint density at radius 2 is 2.16 bits per heavy atom. The topological polar surface area (TPSA) is 12.0 Å². The van der Waals surface area contributed by atoms with Gasteiger partial charge in [0.05, 0.1) is 0 Å². The first kappa shape index (κ1) is 14.7. The van der Waals surface area contributed by atoms with Crippen molar-refractivity contribution in [1.82, 2.24) is 5.32 Å². The molecular formula is C16H21BrFN. The van der Waals surface area contributed by atoms with Crippen LogP contribution in [0.25, 0.3) is 0 Å². The number of hydrogen-bond donors (Lipinski definition) is 1. The van der Waals surface area contributed by atoms with Gasteiger partial charge in [-0.3, -0.25) is 0 Å². The zero-order valence-electron chi connectivity index (χ0n) is 11.4. The third-order valence-electron chi connectivity index (χ3n) is 3.78. The fourth-order valence-electron chi connectivity index (χ4n) is 2.64. The van der Waals surface area contributed by atoms with E-state index in [4.69, 9.17) is 0 Å². The van der Waals surface area contributed by atoms with Gasteiger partial charge in [0.2, 0.25) is 0 Å². The van der Waals surface area contributed by atoms with E-state index in [0.717, 1.165) is 22.9 Å². The van der Waals surface area contributed by atoms with Gasteiger partial charge < -0.3 is 5.32 Å². The lowest BCUT2D eigenvalue weighted by atomic mass is 9.92. The second kappa shape index (κ2) is 7.20. The van der Waals surface area contributed by atoms with Crippen LogP contribution in [-0.4, -0.2) is 13.1 Å². The van der Waals surface area contributed by atoms with Gasteiger partial charge in [0, 0.05) is 10.5 Å². The average molecular weight is 326 g/mol. The number of halogens is 2. The van der Waals surface area contributed by atoms with E-state index in [0.29, 0.717) is 6.04 Å². The van der Waals surface area contributed by atoms with Crippen LogP contribution >= 0.6 is 15.9 Å². The summed E-state index contributed by atoms with van der Waals surface area (Å²) in [5.41, 5.74) is 2.32. The summed E-state index contributed by atoms with van der Waals surface area (Å²) in [7, 11) is 1.96. The van der Waals surface area contributed by atoms with Crippen LogP contribution in [0.2, 0.25) is 0 Å². The molecule has 2 rings (SSSR count). The predicted octanol–water partition coefficient (Wildman–Crippen LogP) is 4.61. The van der Waals surface area contributed by atoms with E-state index >= 15 is 0 Å². The van der Waals surface area contributed by atoms with Crippen LogP contribution in [0.5, 0.6) is 0 Å². The average Bonchev–Trinajstić information content (AvgIpc) is 2.42. The molecule has 0 amide bonds. The van der Waals surface area contributed by atoms with Crippen molar-refractivity contribution in [2.45, 2.75) is 44.6 Å². The van der Waals surface area contributed by atoms with E-state index in [2.05, 4.69) is 27.3 Å². The van der Waals surface area contributed by atoms with Crippen molar-refractivity contribution in [3.05, 3.63) is 45.7 Å². The molecule has 1 aromatic carbocycles. The molecule has 0 bridgehead atoms. The minimum absolute atomic E-state index is 0.118. The fraction of sp³-hybridized carbons (Fsp3) is 0.500. The smallest absolute Gasteiger partial charge is 0.127 e. The van der Waals surface area contributed by atoms with Crippen LogP contribution in [0.15, 0.2) is 34.3 Å². The molecule has 1 unspecified atom stereocenters. The molecule has 3 heteroatoms. The van der Waals surface area contributed by atoms with E-state index in [1.54, 1.807) is 6.07 Å². The van der Waals surface area contributed by atoms with Gasteiger partial charge in [-0.1, -0.05) is 33.6 Å². The molecule has 1 atom stereocenters. The van der Waals surface area contributed by atoms with Crippen LogP contribution in [0.4, 0.5) is 4.39 Å². The normalized spacial score (nSPS) is 17.1. The van der Waals surface area contributed by atoms with Crippen molar-refractivity contribution in [1.29, 1.82) is 0 Å². The number of rotatable bonds is 5. The van der Waals surface area contributed by atoms with E-state index in [1.807, 2.05) is 19.2 Å². The summed E-state index contributed by atoms with van der Waals surface area (Å²) in [5, 5.41) is 3.32. The summed E-state index contributed by atoms with van der Waals surface area (Å²) in [6.07, 6.45) is 9.17. The molecule has 0 aromatic heterocycles. The number of allylic oxidation sites excluding steroid dienone is 1. The standard InChI is InChI=1S/C16H21BrFN/c1-19-15(9-12-5-3-2-4-6-12)10-13-7-8-14(17)11-16(13)18/h5,7-8,11,15,19H,2-4,6,9-10H2,1H3. The predicted molar refractivity (Wildman–Crippen MR) is 81.8 cm³/mol. The largest absolute Gasteiger partial charge is 0.316 e. The van der Waals surface area contributed by atoms with Gasteiger partial charge in [-0.05, 0) is 63.3 Å². The van der Waals surface area contributed by atoms with Crippen molar-refractivity contribution in [2.75, 3.05) is 7.05 Å². The Bertz CT molecular complexity index is 456. The quantitative estimate of drug-likeness (QED) is 0.779. The third-order valence-corrected chi connectivity index (χ3v) is 4.28. The second-order valence-electron chi connectivity index (χ2n) is 5.24. The monoisotopic (exact) mass is 325 g/mol. The van der Waals surface area contributed by atoms with E-state index in [9.17, 15) is 4.39 Å². The highest BCUT2D eigenvalue weighted by molar-refractivity contribution is 9.10. The summed E-state index contributed by atoms with van der Waals surface area (Å²) in [4.78, 5) is 0. The first-order chi connectivity index (χ1) is 9.19. The first-order valence-corrected chi connectivity index (χ1v) is 7.77. The maximum Gasteiger partial charge on any atom is 0.127 e. The summed E-state index contributed by atoms with van der Waals surface area (Å²) >= 11 is 3.29. The van der Waals surface area contributed by atoms with Crippen LogP contribution in [0.1, 0.15) is 37.7 Å². The zero-order chi connectivity index (χ0) is 13.7. The summed E-state index contributed by atoms with van der Waals surface area (Å²) in [5.74, 6) is -0.118. The SMILES string of the molecule is CNC(CC1=CCCCC1)Cc1ccc(Br)cc1F. The molecule has 19 heavy (non-hydrogen) atoms. The number of nitrogens with one attached hydrogen (secondary N) is 1. The highest BCUT2D eigenvalue weighted by Gasteiger charge is 2.14. The van der Waals surface area contributed by atoms with E-state index in [1.165, 1.54) is 31.3 Å². The zero-order valence-corrected chi connectivity index (χ0v) is 13.0. The van der Waals surface area contributed by atoms with Crippen molar-refractivity contribution in [3.63, 3.8) is 0 Å². The maximum atomic E-state index is 13.9. The molecule has 0 radical (unpaired) electrons. The molecule has 0 heterocycles. The van der Waals surface area contributed by atoms with Crippen molar-refractivity contribution in [3.8, 4) is 0 Å². The Hall–Kier alpha value is -0.670. The number of hydrogen-bond acceptors (Lipinski definition) is 1. The molecule has 1 aromatic rings. The van der Waals surface area contributed by atoms with Gasteiger partial charge in [0.25, 0.3) is 0 Å². The number of benzene rings is 1. The first-order valence-electron chi connectivity index (χ1n) is 6.98. The summed E-state index contributed by atoms with van der Waals surface area (Å²) < 4.78 is 14.6. The molecule has 1 nitrogen and oxygen atoms in total. The molecule has 0 aliphatic heterocycles. The third kappa shape index (κ3) is 4.43. The molecule has 1 N–H and O–H groups in total. The lowest BCUT2D eigenvalue weighted by molar-refractivity contribution is 0.515. The van der Waals surface area contributed by atoms with Crippen LogP contribution in [0.3, 0.4) is 0 Å². The molecule has 0 saturated heterocycles. The van der Waals surface area contributed by atoms with E-state index in [-0.39, 0.29) is 5.82 Å². The number of likely N-dealkylation sites (N-methyl/N-ethyl adjacent to an activating group) is 1. The Kier molecular flexibility index (Phi) is 5.59. The van der Waals surface area contributed by atoms with Gasteiger partial charge in [0.1, 0.15) is 5.82 Å². The Labute approximate surface area is 123 Å². The summed E-state index contributed by atoms with van der Waals surface area (Å²) in [6, 6.07) is 5.64. The maximum absolute atomic E-state index is 13.9. The van der Waals surface area contributed by atoms with Gasteiger partial charge in [-0.15, -0.1) is 0 Å². The molecule has 0 fully saturated rings. The van der Waals surface area contributed by atoms with Crippen molar-refractivity contribution < 1.29 is 4.39 Å². The van der Waals surface area contributed by atoms with Crippen molar-refractivity contribution in [2.24, 2.45) is 0 Å². The Morgan fingerprint density at radius 3 is 2.79 bits per heavy atom. The van der Waals surface area contributed by atoms with Gasteiger partial charge in [-0.2, -0.15) is 0 Å². The molecule has 0 spiro atoms. The van der Waals surface area contributed by atoms with E-state index < -0.39 is 0 Å². The molecule has 0 saturated carbocycles. The van der Waals surface area contributed by atoms with Gasteiger partial charge in [-0.25, -0.2) is 4.39 Å². The molecule has 1 aliphatic carbocycles. The molecular weight excluding hydrogens is 305 g/mol. The molecule has 104 valence electrons. The van der Waals surface area contributed by atoms with Gasteiger partial charge >= 0.3 is 0 Å². The summed E-state index contributed by atoms with van der Waals surface area (Å²) in [6.45, 7) is 0. The molecule has 1 aliphatic rings. The lowest BCUT2D eigenvalue weighted by Gasteiger charge is -2.20. The minimum atomic E-state index is -0.118. The highest BCUT2D eigenvalue weighted by Crippen LogP contribution is 2.23. The highest BCUT2D eigenvalue weighted by atomic mass is 79.9. The van der Waals surface area contributed by atoms with Crippen LogP contribution in [-0.2, 0) is 6.42 Å². The van der Waals surface area contributed by atoms with Crippen molar-refractivity contribution >= 4 is 15.9 Å². The van der Waals surface area contributed by atoms with Crippen LogP contribution in [0, 0.1) is 5.82 Å².